The number of rotatable bonds is 1. The van der Waals surface area contributed by atoms with Crippen LogP contribution >= 0.6 is 0 Å². The van der Waals surface area contributed by atoms with Crippen molar-refractivity contribution in [2.45, 2.75) is 20.8 Å². The molecule has 6 nitrogen and oxygen atoms in total. The molecule has 0 saturated heterocycles. The highest BCUT2D eigenvalue weighted by Gasteiger charge is 2.25. The van der Waals surface area contributed by atoms with Gasteiger partial charge in [0.15, 0.2) is 11.5 Å². The summed E-state index contributed by atoms with van der Waals surface area (Å²) in [5.74, 6) is 0.0514. The Labute approximate surface area is 110 Å². The second-order valence-corrected chi connectivity index (χ2v) is 5.14. The maximum Gasteiger partial charge on any atom is 0.337 e. The van der Waals surface area contributed by atoms with Gasteiger partial charge in [-0.1, -0.05) is 0 Å². The first-order valence-electron chi connectivity index (χ1n) is 5.79. The molecule has 0 unspecified atom stereocenters. The number of carbonyl (C=O) groups is 2. The van der Waals surface area contributed by atoms with Crippen molar-refractivity contribution in [1.29, 1.82) is 0 Å². The van der Waals surface area contributed by atoms with Crippen LogP contribution in [-0.4, -0.2) is 18.7 Å². The maximum absolute atomic E-state index is 11.8. The van der Waals surface area contributed by atoms with E-state index < -0.39 is 17.3 Å². The fourth-order valence-corrected chi connectivity index (χ4v) is 1.34. The third-order valence-electron chi connectivity index (χ3n) is 2.48. The predicted octanol–water partition coefficient (Wildman–Crippen LogP) is 1.65. The predicted molar refractivity (Wildman–Crippen MR) is 65.6 cm³/mol. The van der Waals surface area contributed by atoms with Crippen LogP contribution in [0.15, 0.2) is 18.2 Å². The number of nitrogens with one attached hydrogen (secondary N) is 1. The Morgan fingerprint density at radius 2 is 1.89 bits per heavy atom. The van der Waals surface area contributed by atoms with Gasteiger partial charge in [0, 0.05) is 5.56 Å². The normalized spacial score (nSPS) is 13.0. The summed E-state index contributed by atoms with van der Waals surface area (Å²) in [6.07, 6.45) is 0. The van der Waals surface area contributed by atoms with Crippen molar-refractivity contribution < 1.29 is 23.9 Å². The Bertz CT molecular complexity index is 518. The van der Waals surface area contributed by atoms with Crippen molar-refractivity contribution in [3.63, 3.8) is 0 Å². The molecule has 6 heteroatoms. The fraction of sp³-hybridized carbons (Fsp3) is 0.385. The highest BCUT2D eigenvalue weighted by atomic mass is 16.7. The molecule has 0 aliphatic carbocycles. The highest BCUT2D eigenvalue weighted by Crippen LogP contribution is 2.32. The Balaban J connectivity index is 1.99. The zero-order chi connectivity index (χ0) is 14.0. The molecule has 1 aromatic carbocycles. The van der Waals surface area contributed by atoms with Crippen LogP contribution in [0.2, 0.25) is 0 Å². The minimum Gasteiger partial charge on any atom is -0.454 e. The van der Waals surface area contributed by atoms with E-state index in [9.17, 15) is 9.59 Å². The average Bonchev–Trinajstić information content (AvgIpc) is 2.81. The van der Waals surface area contributed by atoms with Crippen LogP contribution in [0.3, 0.4) is 0 Å². The Morgan fingerprint density at radius 1 is 1.21 bits per heavy atom. The van der Waals surface area contributed by atoms with E-state index in [0.29, 0.717) is 17.1 Å². The Morgan fingerprint density at radius 3 is 2.58 bits per heavy atom. The third kappa shape index (κ3) is 2.96. The topological polar surface area (TPSA) is 73.9 Å². The molecule has 0 spiro atoms. The van der Waals surface area contributed by atoms with Crippen molar-refractivity contribution in [3.8, 4) is 11.5 Å². The van der Waals surface area contributed by atoms with Gasteiger partial charge in [-0.2, -0.15) is 5.48 Å². The van der Waals surface area contributed by atoms with Crippen LogP contribution < -0.4 is 15.0 Å². The zero-order valence-corrected chi connectivity index (χ0v) is 11.0. The van der Waals surface area contributed by atoms with Gasteiger partial charge in [-0.15, -0.1) is 0 Å². The van der Waals surface area contributed by atoms with Gasteiger partial charge in [-0.3, -0.25) is 4.79 Å². The number of ether oxygens (including phenoxy) is 2. The van der Waals surface area contributed by atoms with Crippen LogP contribution in [0.1, 0.15) is 31.1 Å². The molecule has 0 fully saturated rings. The summed E-state index contributed by atoms with van der Waals surface area (Å²) >= 11 is 0. The van der Waals surface area contributed by atoms with Gasteiger partial charge in [0.25, 0.3) is 5.91 Å². The molecule has 0 atom stereocenters. The molecule has 0 bridgehead atoms. The average molecular weight is 265 g/mol. The fourth-order valence-electron chi connectivity index (χ4n) is 1.34. The van der Waals surface area contributed by atoms with Gasteiger partial charge in [0.05, 0.1) is 5.41 Å². The van der Waals surface area contributed by atoms with E-state index in [0.717, 1.165) is 0 Å². The molecule has 1 amide bonds. The number of benzene rings is 1. The SMILES string of the molecule is CC(C)(C)C(=O)ONC(=O)c1ccc2c(c1)OCO2. The monoisotopic (exact) mass is 265 g/mol. The number of fused-ring (bicyclic) bond motifs is 1. The molecular weight excluding hydrogens is 250 g/mol. The van der Waals surface area contributed by atoms with Crippen LogP contribution in [0.5, 0.6) is 11.5 Å². The standard InChI is InChI=1S/C13H15NO5/c1-13(2,3)12(16)19-14-11(15)8-4-5-9-10(6-8)18-7-17-9/h4-6H,7H2,1-3H3,(H,14,15). The number of hydroxylamine groups is 1. The first kappa shape index (κ1) is 13.2. The summed E-state index contributed by atoms with van der Waals surface area (Å²) in [5.41, 5.74) is 1.76. The molecule has 2 rings (SSSR count). The van der Waals surface area contributed by atoms with E-state index in [2.05, 4.69) is 5.48 Å². The van der Waals surface area contributed by atoms with E-state index >= 15 is 0 Å². The minimum absolute atomic E-state index is 0.138. The van der Waals surface area contributed by atoms with Crippen molar-refractivity contribution in [2.75, 3.05) is 6.79 Å². The second kappa shape index (κ2) is 4.79. The number of carbonyl (C=O) groups excluding carboxylic acids is 2. The second-order valence-electron chi connectivity index (χ2n) is 5.14. The van der Waals surface area contributed by atoms with E-state index in [-0.39, 0.29) is 6.79 Å². The summed E-state index contributed by atoms with van der Waals surface area (Å²) < 4.78 is 10.3. The van der Waals surface area contributed by atoms with Crippen molar-refractivity contribution >= 4 is 11.9 Å². The lowest BCUT2D eigenvalue weighted by Gasteiger charge is -2.15. The van der Waals surface area contributed by atoms with Crippen LogP contribution in [0.4, 0.5) is 0 Å². The molecule has 1 N–H and O–H groups in total. The number of hydrogen-bond acceptors (Lipinski definition) is 5. The smallest absolute Gasteiger partial charge is 0.337 e. The largest absolute Gasteiger partial charge is 0.454 e. The van der Waals surface area contributed by atoms with E-state index in [1.54, 1.807) is 32.9 Å². The lowest BCUT2D eigenvalue weighted by atomic mass is 9.98. The van der Waals surface area contributed by atoms with Crippen LogP contribution in [-0.2, 0) is 9.63 Å². The van der Waals surface area contributed by atoms with Gasteiger partial charge in [-0.05, 0) is 39.0 Å². The summed E-state index contributed by atoms with van der Waals surface area (Å²) in [6.45, 7) is 5.23. The van der Waals surface area contributed by atoms with Gasteiger partial charge < -0.3 is 14.3 Å². The molecule has 0 radical (unpaired) electrons. The maximum atomic E-state index is 11.8. The van der Waals surface area contributed by atoms with Gasteiger partial charge in [0.2, 0.25) is 6.79 Å². The summed E-state index contributed by atoms with van der Waals surface area (Å²) in [5, 5.41) is 0. The molecular formula is C13H15NO5. The van der Waals surface area contributed by atoms with E-state index in [1.807, 2.05) is 0 Å². The Kier molecular flexibility index (Phi) is 3.33. The highest BCUT2D eigenvalue weighted by molar-refractivity contribution is 5.95. The first-order chi connectivity index (χ1) is 8.88. The van der Waals surface area contributed by atoms with E-state index in [1.165, 1.54) is 6.07 Å². The van der Waals surface area contributed by atoms with Gasteiger partial charge in [-0.25, -0.2) is 4.79 Å². The van der Waals surface area contributed by atoms with Gasteiger partial charge >= 0.3 is 5.97 Å². The van der Waals surface area contributed by atoms with Crippen LogP contribution in [0, 0.1) is 5.41 Å². The van der Waals surface area contributed by atoms with Crippen LogP contribution in [0.25, 0.3) is 0 Å². The molecule has 0 saturated carbocycles. The third-order valence-corrected chi connectivity index (χ3v) is 2.48. The first-order valence-corrected chi connectivity index (χ1v) is 5.79. The quantitative estimate of drug-likeness (QED) is 0.781. The van der Waals surface area contributed by atoms with Crippen molar-refractivity contribution in [2.24, 2.45) is 5.41 Å². The van der Waals surface area contributed by atoms with Gasteiger partial charge in [0.1, 0.15) is 0 Å². The molecule has 1 heterocycles. The Hall–Kier alpha value is -2.24. The lowest BCUT2D eigenvalue weighted by Crippen LogP contribution is -2.33. The molecule has 102 valence electrons. The summed E-state index contributed by atoms with van der Waals surface area (Å²) in [6, 6.07) is 4.72. The van der Waals surface area contributed by atoms with E-state index in [4.69, 9.17) is 14.3 Å². The molecule has 0 aromatic heterocycles. The molecule has 1 aromatic rings. The lowest BCUT2D eigenvalue weighted by molar-refractivity contribution is -0.158. The van der Waals surface area contributed by atoms with Crippen molar-refractivity contribution in [1.82, 2.24) is 5.48 Å². The van der Waals surface area contributed by atoms with Crippen molar-refractivity contribution in [3.05, 3.63) is 23.8 Å². The molecule has 19 heavy (non-hydrogen) atoms. The minimum atomic E-state index is -0.678. The summed E-state index contributed by atoms with van der Waals surface area (Å²) in [4.78, 5) is 28.0. The number of hydrogen-bond donors (Lipinski definition) is 1. The molecule has 1 aliphatic heterocycles. The summed E-state index contributed by atoms with van der Waals surface area (Å²) in [7, 11) is 0. The zero-order valence-electron chi connectivity index (χ0n) is 11.0. The molecule has 1 aliphatic rings. The number of amides is 1.